The van der Waals surface area contributed by atoms with Gasteiger partial charge in [-0.3, -0.25) is 4.79 Å². The topological polar surface area (TPSA) is 55.1 Å². The summed E-state index contributed by atoms with van der Waals surface area (Å²) < 4.78 is 0. The van der Waals surface area contributed by atoms with Crippen LogP contribution >= 0.6 is 12.4 Å². The highest BCUT2D eigenvalue weighted by molar-refractivity contribution is 5.85. The number of carbonyl (C=O) groups is 1. The Kier molecular flexibility index (Phi) is 7.10. The molecule has 17 heavy (non-hydrogen) atoms. The van der Waals surface area contributed by atoms with Crippen LogP contribution < -0.4 is 11.1 Å². The van der Waals surface area contributed by atoms with Crippen molar-refractivity contribution < 1.29 is 4.79 Å². The first-order valence-corrected chi connectivity index (χ1v) is 6.58. The van der Waals surface area contributed by atoms with Crippen LogP contribution in [-0.2, 0) is 4.79 Å². The zero-order valence-corrected chi connectivity index (χ0v) is 12.1. The van der Waals surface area contributed by atoms with Crippen LogP contribution in [0.4, 0.5) is 0 Å². The van der Waals surface area contributed by atoms with Crippen molar-refractivity contribution in [2.75, 3.05) is 6.54 Å². The molecule has 0 spiro atoms. The standard InChI is InChI=1S/C13H26N2O.ClH/c1-4-10(3)11(14)12(16)15-9-13(5-2)7-6-8-13;/h10-11H,4-9,14H2,1-3H3,(H,15,16);1H. The van der Waals surface area contributed by atoms with E-state index in [2.05, 4.69) is 19.2 Å². The highest BCUT2D eigenvalue weighted by Gasteiger charge is 2.35. The molecule has 0 aliphatic heterocycles. The van der Waals surface area contributed by atoms with E-state index >= 15 is 0 Å². The van der Waals surface area contributed by atoms with Crippen LogP contribution in [0.2, 0.25) is 0 Å². The molecule has 0 radical (unpaired) electrons. The van der Waals surface area contributed by atoms with Gasteiger partial charge >= 0.3 is 0 Å². The third kappa shape index (κ3) is 4.14. The summed E-state index contributed by atoms with van der Waals surface area (Å²) in [7, 11) is 0. The molecule has 0 heterocycles. The molecule has 0 aromatic rings. The third-order valence-corrected chi connectivity index (χ3v) is 4.36. The Morgan fingerprint density at radius 1 is 1.41 bits per heavy atom. The van der Waals surface area contributed by atoms with E-state index in [9.17, 15) is 4.79 Å². The minimum absolute atomic E-state index is 0. The van der Waals surface area contributed by atoms with Crippen LogP contribution in [0.25, 0.3) is 0 Å². The Morgan fingerprint density at radius 3 is 2.35 bits per heavy atom. The van der Waals surface area contributed by atoms with Gasteiger partial charge < -0.3 is 11.1 Å². The van der Waals surface area contributed by atoms with Gasteiger partial charge in [-0.15, -0.1) is 12.4 Å². The fourth-order valence-electron chi connectivity index (χ4n) is 2.24. The van der Waals surface area contributed by atoms with Crippen molar-refractivity contribution in [2.24, 2.45) is 17.1 Å². The van der Waals surface area contributed by atoms with Gasteiger partial charge in [-0.1, -0.05) is 33.6 Å². The summed E-state index contributed by atoms with van der Waals surface area (Å²) in [4.78, 5) is 11.8. The maximum atomic E-state index is 11.8. The summed E-state index contributed by atoms with van der Waals surface area (Å²) in [6, 6.07) is -0.348. The van der Waals surface area contributed by atoms with Crippen molar-refractivity contribution in [3.63, 3.8) is 0 Å². The molecule has 102 valence electrons. The Labute approximate surface area is 111 Å². The van der Waals surface area contributed by atoms with E-state index in [0.29, 0.717) is 5.41 Å². The fourth-order valence-corrected chi connectivity index (χ4v) is 2.24. The Bertz CT molecular complexity index is 236. The Morgan fingerprint density at radius 2 is 2.00 bits per heavy atom. The molecule has 0 aromatic carbocycles. The summed E-state index contributed by atoms with van der Waals surface area (Å²) in [6.45, 7) is 7.12. The second-order valence-corrected chi connectivity index (χ2v) is 5.34. The number of hydrogen-bond donors (Lipinski definition) is 2. The normalized spacial score (nSPS) is 20.7. The van der Waals surface area contributed by atoms with Gasteiger partial charge in [-0.2, -0.15) is 0 Å². The summed E-state index contributed by atoms with van der Waals surface area (Å²) in [5.74, 6) is 0.285. The minimum atomic E-state index is -0.348. The predicted molar refractivity (Wildman–Crippen MR) is 74.3 cm³/mol. The fraction of sp³-hybridized carbons (Fsp3) is 0.923. The number of halogens is 1. The lowest BCUT2D eigenvalue weighted by molar-refractivity contribution is -0.124. The van der Waals surface area contributed by atoms with E-state index in [0.717, 1.165) is 19.4 Å². The first-order chi connectivity index (χ1) is 7.54. The van der Waals surface area contributed by atoms with E-state index in [1.54, 1.807) is 0 Å². The average Bonchev–Trinajstić information content (AvgIpc) is 2.25. The number of carbonyl (C=O) groups excluding carboxylic acids is 1. The molecule has 1 fully saturated rings. The number of amides is 1. The van der Waals surface area contributed by atoms with Crippen LogP contribution in [0.1, 0.15) is 52.9 Å². The van der Waals surface area contributed by atoms with Gasteiger partial charge in [-0.05, 0) is 30.6 Å². The Balaban J connectivity index is 0.00000256. The molecule has 2 atom stereocenters. The molecular weight excluding hydrogens is 236 g/mol. The third-order valence-electron chi connectivity index (χ3n) is 4.36. The SMILES string of the molecule is CCC(C)C(N)C(=O)NCC1(CC)CCC1.Cl. The molecule has 3 nitrogen and oxygen atoms in total. The molecule has 1 rings (SSSR count). The number of nitrogens with one attached hydrogen (secondary N) is 1. The summed E-state index contributed by atoms with van der Waals surface area (Å²) in [6.07, 6.45) is 5.92. The molecule has 0 saturated heterocycles. The summed E-state index contributed by atoms with van der Waals surface area (Å²) >= 11 is 0. The van der Waals surface area contributed by atoms with Crippen molar-refractivity contribution in [1.29, 1.82) is 0 Å². The summed E-state index contributed by atoms with van der Waals surface area (Å²) in [5.41, 5.74) is 6.27. The molecule has 0 bridgehead atoms. The molecule has 1 saturated carbocycles. The first kappa shape index (κ1) is 16.7. The highest BCUT2D eigenvalue weighted by Crippen LogP contribution is 2.43. The van der Waals surface area contributed by atoms with Gasteiger partial charge in [0.05, 0.1) is 6.04 Å². The molecule has 1 aliphatic carbocycles. The van der Waals surface area contributed by atoms with Crippen LogP contribution in [0.15, 0.2) is 0 Å². The van der Waals surface area contributed by atoms with E-state index in [1.807, 2.05) is 6.92 Å². The molecule has 1 aliphatic rings. The summed E-state index contributed by atoms with van der Waals surface area (Å²) in [5, 5.41) is 3.03. The molecule has 4 heteroatoms. The van der Waals surface area contributed by atoms with Crippen LogP contribution in [0.5, 0.6) is 0 Å². The average molecular weight is 263 g/mol. The van der Waals surface area contributed by atoms with Gasteiger partial charge in [0.15, 0.2) is 0 Å². The monoisotopic (exact) mass is 262 g/mol. The van der Waals surface area contributed by atoms with Crippen molar-refractivity contribution in [3.8, 4) is 0 Å². The predicted octanol–water partition coefficient (Wildman–Crippen LogP) is 2.48. The molecule has 1 amide bonds. The first-order valence-electron chi connectivity index (χ1n) is 6.58. The van der Waals surface area contributed by atoms with Gasteiger partial charge in [-0.25, -0.2) is 0 Å². The van der Waals surface area contributed by atoms with Gasteiger partial charge in [0.25, 0.3) is 0 Å². The molecular formula is C13H27ClN2O. The van der Waals surface area contributed by atoms with Crippen molar-refractivity contribution in [1.82, 2.24) is 5.32 Å². The van der Waals surface area contributed by atoms with Gasteiger partial charge in [0, 0.05) is 6.54 Å². The second kappa shape index (κ2) is 7.22. The van der Waals surface area contributed by atoms with Crippen molar-refractivity contribution in [3.05, 3.63) is 0 Å². The van der Waals surface area contributed by atoms with Crippen molar-refractivity contribution >= 4 is 18.3 Å². The minimum Gasteiger partial charge on any atom is -0.354 e. The quantitative estimate of drug-likeness (QED) is 0.773. The van der Waals surface area contributed by atoms with Crippen molar-refractivity contribution in [2.45, 2.75) is 58.9 Å². The molecule has 3 N–H and O–H groups in total. The highest BCUT2D eigenvalue weighted by atomic mass is 35.5. The van der Waals surface area contributed by atoms with Crippen LogP contribution in [0, 0.1) is 11.3 Å². The maximum Gasteiger partial charge on any atom is 0.237 e. The largest absolute Gasteiger partial charge is 0.354 e. The maximum absolute atomic E-state index is 11.8. The van der Waals surface area contributed by atoms with Crippen LogP contribution in [-0.4, -0.2) is 18.5 Å². The number of nitrogens with two attached hydrogens (primary N) is 1. The van der Waals surface area contributed by atoms with Gasteiger partial charge in [0.1, 0.15) is 0 Å². The molecule has 0 aromatic heterocycles. The van der Waals surface area contributed by atoms with E-state index in [1.165, 1.54) is 19.3 Å². The van der Waals surface area contributed by atoms with E-state index in [4.69, 9.17) is 5.73 Å². The zero-order chi connectivity index (χ0) is 12.2. The van der Waals surface area contributed by atoms with E-state index in [-0.39, 0.29) is 30.3 Å². The Hall–Kier alpha value is -0.280. The molecule has 2 unspecified atom stereocenters. The smallest absolute Gasteiger partial charge is 0.237 e. The zero-order valence-electron chi connectivity index (χ0n) is 11.3. The lowest BCUT2D eigenvalue weighted by Crippen LogP contribution is -2.49. The lowest BCUT2D eigenvalue weighted by atomic mass is 9.67. The van der Waals surface area contributed by atoms with Crippen LogP contribution in [0.3, 0.4) is 0 Å². The number of hydrogen-bond acceptors (Lipinski definition) is 2. The van der Waals surface area contributed by atoms with E-state index < -0.39 is 0 Å². The second-order valence-electron chi connectivity index (χ2n) is 5.34. The number of rotatable bonds is 6. The lowest BCUT2D eigenvalue weighted by Gasteiger charge is -2.41. The van der Waals surface area contributed by atoms with Gasteiger partial charge in [0.2, 0.25) is 5.91 Å².